The third kappa shape index (κ3) is 3.46. The predicted octanol–water partition coefficient (Wildman–Crippen LogP) is 2.41. The highest BCUT2D eigenvalue weighted by atomic mass is 16.5. The Hall–Kier alpha value is -0.120. The van der Waals surface area contributed by atoms with Crippen LogP contribution >= 0.6 is 0 Å². The van der Waals surface area contributed by atoms with Crippen LogP contribution in [0.3, 0.4) is 0 Å². The number of nitrogens with zero attached hydrogens (tertiary/aromatic N) is 1. The highest BCUT2D eigenvalue weighted by Gasteiger charge is 2.34. The van der Waals surface area contributed by atoms with E-state index in [0.29, 0.717) is 12.1 Å². The molecule has 0 aromatic rings. The third-order valence-corrected chi connectivity index (χ3v) is 4.71. The van der Waals surface area contributed by atoms with E-state index in [1.807, 2.05) is 7.11 Å². The van der Waals surface area contributed by atoms with E-state index in [0.717, 1.165) is 19.1 Å². The molecule has 1 N–H and O–H groups in total. The van der Waals surface area contributed by atoms with E-state index in [1.54, 1.807) is 0 Å². The topological polar surface area (TPSA) is 24.5 Å². The van der Waals surface area contributed by atoms with Gasteiger partial charge in [0.05, 0.1) is 6.10 Å². The number of hydrogen-bond acceptors (Lipinski definition) is 3. The van der Waals surface area contributed by atoms with Crippen molar-refractivity contribution in [3.63, 3.8) is 0 Å². The fourth-order valence-corrected chi connectivity index (χ4v) is 3.58. The minimum Gasteiger partial charge on any atom is -0.381 e. The van der Waals surface area contributed by atoms with Crippen molar-refractivity contribution >= 4 is 0 Å². The number of nitrogens with one attached hydrogen (secondary N) is 1. The molecule has 0 radical (unpaired) electrons. The van der Waals surface area contributed by atoms with E-state index in [1.165, 1.54) is 32.1 Å². The average Bonchev–Trinajstić information content (AvgIpc) is 2.48. The standard InChI is InChI=1S/C15H30N2O/c1-12-8-9-16-15(2,3)11-17(12)13-6-5-7-14(10-13)18-4/h12-14,16H,5-11H2,1-4H3. The summed E-state index contributed by atoms with van der Waals surface area (Å²) in [5.41, 5.74) is 0.241. The Bertz CT molecular complexity index is 267. The lowest BCUT2D eigenvalue weighted by molar-refractivity contribution is 0.0123. The van der Waals surface area contributed by atoms with E-state index in [4.69, 9.17) is 4.74 Å². The quantitative estimate of drug-likeness (QED) is 0.819. The fourth-order valence-electron chi connectivity index (χ4n) is 3.58. The summed E-state index contributed by atoms with van der Waals surface area (Å²) in [4.78, 5) is 2.74. The third-order valence-electron chi connectivity index (χ3n) is 4.71. The zero-order valence-corrected chi connectivity index (χ0v) is 12.5. The van der Waals surface area contributed by atoms with Crippen LogP contribution in [0, 0.1) is 0 Å². The Morgan fingerprint density at radius 3 is 2.72 bits per heavy atom. The van der Waals surface area contributed by atoms with Crippen molar-refractivity contribution in [2.75, 3.05) is 20.2 Å². The molecule has 1 saturated heterocycles. The van der Waals surface area contributed by atoms with Crippen LogP contribution in [0.25, 0.3) is 0 Å². The van der Waals surface area contributed by atoms with Gasteiger partial charge < -0.3 is 10.1 Å². The lowest BCUT2D eigenvalue weighted by atomic mass is 9.89. The van der Waals surface area contributed by atoms with Crippen LogP contribution < -0.4 is 5.32 Å². The molecule has 0 amide bonds. The average molecular weight is 254 g/mol. The van der Waals surface area contributed by atoms with Gasteiger partial charge in [0, 0.05) is 31.3 Å². The highest BCUT2D eigenvalue weighted by molar-refractivity contribution is 4.92. The molecule has 3 atom stereocenters. The lowest BCUT2D eigenvalue weighted by Crippen LogP contribution is -2.52. The van der Waals surface area contributed by atoms with Crippen LogP contribution in [0.4, 0.5) is 0 Å². The molecule has 106 valence electrons. The summed E-state index contributed by atoms with van der Waals surface area (Å²) in [6.07, 6.45) is 6.88. The first kappa shape index (κ1) is 14.3. The summed E-state index contributed by atoms with van der Waals surface area (Å²) < 4.78 is 5.59. The SMILES string of the molecule is COC1CCCC(N2CC(C)(C)NCCC2C)C1. The molecule has 3 nitrogen and oxygen atoms in total. The molecular weight excluding hydrogens is 224 g/mol. The molecule has 2 aliphatic rings. The van der Waals surface area contributed by atoms with E-state index in [9.17, 15) is 0 Å². The van der Waals surface area contributed by atoms with E-state index < -0.39 is 0 Å². The zero-order chi connectivity index (χ0) is 13.2. The second kappa shape index (κ2) is 5.89. The molecule has 3 heteroatoms. The summed E-state index contributed by atoms with van der Waals surface area (Å²) >= 11 is 0. The predicted molar refractivity (Wildman–Crippen MR) is 75.9 cm³/mol. The van der Waals surface area contributed by atoms with Crippen molar-refractivity contribution in [1.29, 1.82) is 0 Å². The number of rotatable bonds is 2. The molecule has 0 aromatic carbocycles. The van der Waals surface area contributed by atoms with E-state index in [2.05, 4.69) is 31.0 Å². The van der Waals surface area contributed by atoms with Crippen molar-refractivity contribution in [1.82, 2.24) is 10.2 Å². The van der Waals surface area contributed by atoms with Crippen molar-refractivity contribution < 1.29 is 4.74 Å². The largest absolute Gasteiger partial charge is 0.381 e. The summed E-state index contributed by atoms with van der Waals surface area (Å²) in [6.45, 7) is 9.35. The van der Waals surface area contributed by atoms with Gasteiger partial charge in [0.1, 0.15) is 0 Å². The molecule has 1 saturated carbocycles. The smallest absolute Gasteiger partial charge is 0.0586 e. The molecule has 1 heterocycles. The number of hydrogen-bond donors (Lipinski definition) is 1. The summed E-state index contributed by atoms with van der Waals surface area (Å²) in [6, 6.07) is 1.41. The second-order valence-corrected chi connectivity index (χ2v) is 6.80. The molecule has 18 heavy (non-hydrogen) atoms. The van der Waals surface area contributed by atoms with Crippen LogP contribution in [-0.2, 0) is 4.74 Å². The molecule has 2 rings (SSSR count). The lowest BCUT2D eigenvalue weighted by Gasteiger charge is -2.42. The van der Waals surface area contributed by atoms with Gasteiger partial charge in [-0.2, -0.15) is 0 Å². The molecule has 3 unspecified atom stereocenters. The van der Waals surface area contributed by atoms with Crippen molar-refractivity contribution in [3.8, 4) is 0 Å². The van der Waals surface area contributed by atoms with Gasteiger partial charge in [0.2, 0.25) is 0 Å². The Labute approximate surface area is 112 Å². The van der Waals surface area contributed by atoms with E-state index >= 15 is 0 Å². The van der Waals surface area contributed by atoms with E-state index in [-0.39, 0.29) is 5.54 Å². The monoisotopic (exact) mass is 254 g/mol. The van der Waals surface area contributed by atoms with Crippen LogP contribution in [0.15, 0.2) is 0 Å². The molecular formula is C15H30N2O. The van der Waals surface area contributed by atoms with Gasteiger partial charge in [-0.3, -0.25) is 4.90 Å². The van der Waals surface area contributed by atoms with Crippen LogP contribution in [0.2, 0.25) is 0 Å². The number of methoxy groups -OCH3 is 1. The molecule has 1 aliphatic carbocycles. The van der Waals surface area contributed by atoms with Gasteiger partial charge in [0.25, 0.3) is 0 Å². The molecule has 1 aliphatic heterocycles. The highest BCUT2D eigenvalue weighted by Crippen LogP contribution is 2.29. The maximum Gasteiger partial charge on any atom is 0.0586 e. The second-order valence-electron chi connectivity index (χ2n) is 6.80. The van der Waals surface area contributed by atoms with Gasteiger partial charge in [-0.15, -0.1) is 0 Å². The maximum atomic E-state index is 5.59. The first-order chi connectivity index (χ1) is 8.52. The number of ether oxygens (including phenoxy) is 1. The minimum atomic E-state index is 0.241. The molecule has 0 aromatic heterocycles. The van der Waals surface area contributed by atoms with Crippen molar-refractivity contribution in [2.24, 2.45) is 0 Å². The normalized spacial score (nSPS) is 38.3. The summed E-state index contributed by atoms with van der Waals surface area (Å²) in [7, 11) is 1.87. The first-order valence-electron chi connectivity index (χ1n) is 7.55. The summed E-state index contributed by atoms with van der Waals surface area (Å²) in [5.74, 6) is 0. The van der Waals surface area contributed by atoms with Gasteiger partial charge in [-0.05, 0) is 59.4 Å². The Balaban J connectivity index is 2.03. The Morgan fingerprint density at radius 2 is 2.00 bits per heavy atom. The van der Waals surface area contributed by atoms with Gasteiger partial charge in [0.15, 0.2) is 0 Å². The molecule has 0 spiro atoms. The zero-order valence-electron chi connectivity index (χ0n) is 12.5. The van der Waals surface area contributed by atoms with Crippen LogP contribution in [0.5, 0.6) is 0 Å². The minimum absolute atomic E-state index is 0.241. The van der Waals surface area contributed by atoms with Crippen LogP contribution in [0.1, 0.15) is 52.9 Å². The summed E-state index contributed by atoms with van der Waals surface area (Å²) in [5, 5.41) is 3.67. The van der Waals surface area contributed by atoms with Gasteiger partial charge >= 0.3 is 0 Å². The van der Waals surface area contributed by atoms with Gasteiger partial charge in [-0.1, -0.05) is 0 Å². The Morgan fingerprint density at radius 1 is 1.22 bits per heavy atom. The maximum absolute atomic E-state index is 5.59. The van der Waals surface area contributed by atoms with Crippen molar-refractivity contribution in [3.05, 3.63) is 0 Å². The Kier molecular flexibility index (Phi) is 4.68. The molecule has 2 fully saturated rings. The van der Waals surface area contributed by atoms with Crippen molar-refractivity contribution in [2.45, 2.75) is 76.6 Å². The van der Waals surface area contributed by atoms with Gasteiger partial charge in [-0.25, -0.2) is 0 Å². The first-order valence-corrected chi connectivity index (χ1v) is 7.55. The van der Waals surface area contributed by atoms with Crippen LogP contribution in [-0.4, -0.2) is 48.8 Å². The fraction of sp³-hybridized carbons (Fsp3) is 1.00. The molecule has 0 bridgehead atoms.